The maximum Gasteiger partial charge on any atom is 0.418 e. The lowest BCUT2D eigenvalue weighted by Crippen LogP contribution is -2.51. The zero-order valence-electron chi connectivity index (χ0n) is 13.7. The zero-order valence-corrected chi connectivity index (χ0v) is 14.5. The fourth-order valence-electron chi connectivity index (χ4n) is 3.55. The van der Waals surface area contributed by atoms with Crippen molar-refractivity contribution in [1.82, 2.24) is 20.2 Å². The van der Waals surface area contributed by atoms with Gasteiger partial charge in [-0.25, -0.2) is 4.79 Å². The SMILES string of the molecule is N=C(NC(=O)[C@@H]1CCN(C=O)C1)[C@@H]1CC[C@@H]2CN1C(=O)N2OS(=O)(=O)O. The first-order chi connectivity index (χ1) is 12.2. The van der Waals surface area contributed by atoms with Crippen LogP contribution < -0.4 is 5.32 Å². The van der Waals surface area contributed by atoms with Crippen LogP contribution in [-0.2, 0) is 24.3 Å². The molecule has 12 nitrogen and oxygen atoms in total. The molecule has 0 aliphatic carbocycles. The number of urea groups is 1. The highest BCUT2D eigenvalue weighted by Crippen LogP contribution is 2.30. The van der Waals surface area contributed by atoms with Gasteiger partial charge in [-0.15, -0.1) is 4.28 Å². The van der Waals surface area contributed by atoms with Crippen LogP contribution in [0.4, 0.5) is 4.79 Å². The van der Waals surface area contributed by atoms with Crippen molar-refractivity contribution in [3.05, 3.63) is 0 Å². The van der Waals surface area contributed by atoms with Gasteiger partial charge in [0.1, 0.15) is 5.84 Å². The number of likely N-dealkylation sites (tertiary alicyclic amines) is 1. The third-order valence-corrected chi connectivity index (χ3v) is 5.18. The van der Waals surface area contributed by atoms with Crippen LogP contribution in [0.25, 0.3) is 0 Å². The highest BCUT2D eigenvalue weighted by atomic mass is 32.3. The molecule has 0 aromatic rings. The first-order valence-corrected chi connectivity index (χ1v) is 9.41. The topological polar surface area (TPSA) is 160 Å². The van der Waals surface area contributed by atoms with E-state index in [1.807, 2.05) is 0 Å². The van der Waals surface area contributed by atoms with Gasteiger partial charge in [-0.1, -0.05) is 0 Å². The number of nitrogens with zero attached hydrogens (tertiary/aromatic N) is 3. The Labute approximate surface area is 149 Å². The summed E-state index contributed by atoms with van der Waals surface area (Å²) in [5.41, 5.74) is 0. The van der Waals surface area contributed by atoms with E-state index >= 15 is 0 Å². The number of carbonyl (C=O) groups excluding carboxylic acids is 3. The Kier molecular flexibility index (Phi) is 4.86. The second kappa shape index (κ2) is 6.81. The van der Waals surface area contributed by atoms with Crippen LogP contribution in [0.5, 0.6) is 0 Å². The van der Waals surface area contributed by atoms with Gasteiger partial charge in [-0.3, -0.25) is 19.6 Å². The Bertz CT molecular complexity index is 741. The van der Waals surface area contributed by atoms with Gasteiger partial charge in [0.05, 0.1) is 18.0 Å². The van der Waals surface area contributed by atoms with Crippen molar-refractivity contribution in [1.29, 1.82) is 5.41 Å². The third kappa shape index (κ3) is 3.64. The van der Waals surface area contributed by atoms with Gasteiger partial charge >= 0.3 is 16.4 Å². The standard InChI is InChI=1S/C13H19N5O7S/c14-11(15-12(20)8-3-4-16(5-8)7-19)10-2-1-9-6-17(10)13(21)18(9)25-26(22,23)24/h7-10H,1-6H2,(H2,14,15,20)(H,22,23,24)/t8-,9-,10+/m1/s1. The lowest BCUT2D eigenvalue weighted by atomic mass is 9.99. The number of rotatable bonds is 5. The fourth-order valence-corrected chi connectivity index (χ4v) is 3.94. The molecule has 3 fully saturated rings. The van der Waals surface area contributed by atoms with E-state index in [0.717, 1.165) is 0 Å². The molecule has 0 aromatic carbocycles. The Morgan fingerprint density at radius 2 is 2.04 bits per heavy atom. The van der Waals surface area contributed by atoms with Crippen LogP contribution in [0.2, 0.25) is 0 Å². The van der Waals surface area contributed by atoms with Crippen molar-refractivity contribution in [2.45, 2.75) is 31.3 Å². The van der Waals surface area contributed by atoms with Crippen LogP contribution in [0.1, 0.15) is 19.3 Å². The quantitative estimate of drug-likeness (QED) is 0.225. The van der Waals surface area contributed by atoms with Crippen molar-refractivity contribution in [2.24, 2.45) is 5.92 Å². The summed E-state index contributed by atoms with van der Waals surface area (Å²) in [7, 11) is -4.83. The van der Waals surface area contributed by atoms with Gasteiger partial charge in [-0.05, 0) is 19.3 Å². The van der Waals surface area contributed by atoms with Crippen LogP contribution in [0, 0.1) is 11.3 Å². The second-order valence-electron chi connectivity index (χ2n) is 6.50. The number of hydroxylamine groups is 2. The minimum absolute atomic E-state index is 0.125. The third-order valence-electron chi connectivity index (χ3n) is 4.83. The Balaban J connectivity index is 1.62. The van der Waals surface area contributed by atoms with Crippen molar-refractivity contribution >= 4 is 34.6 Å². The molecule has 0 unspecified atom stereocenters. The largest absolute Gasteiger partial charge is 0.418 e. The first kappa shape index (κ1) is 18.5. The molecule has 13 heteroatoms. The minimum atomic E-state index is -4.83. The minimum Gasteiger partial charge on any atom is -0.344 e. The first-order valence-electron chi connectivity index (χ1n) is 8.05. The summed E-state index contributed by atoms with van der Waals surface area (Å²) in [5, 5.41) is 11.2. The van der Waals surface area contributed by atoms with E-state index in [0.29, 0.717) is 37.3 Å². The van der Waals surface area contributed by atoms with Crippen LogP contribution in [0.15, 0.2) is 0 Å². The number of hydrogen-bond acceptors (Lipinski definition) is 7. The monoisotopic (exact) mass is 389 g/mol. The van der Waals surface area contributed by atoms with Gasteiger partial charge < -0.3 is 15.1 Å². The van der Waals surface area contributed by atoms with Crippen molar-refractivity contribution < 1.29 is 31.6 Å². The average molecular weight is 389 g/mol. The van der Waals surface area contributed by atoms with Gasteiger partial charge in [0.25, 0.3) is 0 Å². The number of hydrogen-bond donors (Lipinski definition) is 3. The molecule has 3 aliphatic heterocycles. The summed E-state index contributed by atoms with van der Waals surface area (Å²) in [6.45, 7) is 0.889. The molecule has 0 saturated carbocycles. The number of amides is 4. The molecule has 3 heterocycles. The van der Waals surface area contributed by atoms with Gasteiger partial charge in [0, 0.05) is 19.6 Å². The molecule has 3 N–H and O–H groups in total. The second-order valence-corrected chi connectivity index (χ2v) is 7.50. The molecule has 144 valence electrons. The number of fused-ring (bicyclic) bond motifs is 2. The van der Waals surface area contributed by atoms with Crippen LogP contribution in [0.3, 0.4) is 0 Å². The van der Waals surface area contributed by atoms with E-state index in [2.05, 4.69) is 9.60 Å². The van der Waals surface area contributed by atoms with Crippen LogP contribution in [-0.4, -0.2) is 83.7 Å². The Hall–Kier alpha value is -2.25. The number of carbonyl (C=O) groups is 3. The zero-order chi connectivity index (χ0) is 19.1. The van der Waals surface area contributed by atoms with Gasteiger partial charge in [0.2, 0.25) is 12.3 Å². The fraction of sp³-hybridized carbons (Fsp3) is 0.692. The molecule has 3 saturated heterocycles. The van der Waals surface area contributed by atoms with Crippen molar-refractivity contribution in [2.75, 3.05) is 19.6 Å². The lowest BCUT2D eigenvalue weighted by Gasteiger charge is -2.31. The molecule has 3 rings (SSSR count). The summed E-state index contributed by atoms with van der Waals surface area (Å²) < 4.78 is 34.8. The summed E-state index contributed by atoms with van der Waals surface area (Å²) in [6.07, 6.45) is 1.87. The molecule has 4 amide bonds. The summed E-state index contributed by atoms with van der Waals surface area (Å²) in [6, 6.07) is -2.07. The summed E-state index contributed by atoms with van der Waals surface area (Å²) >= 11 is 0. The van der Waals surface area contributed by atoms with E-state index in [1.54, 1.807) is 0 Å². The van der Waals surface area contributed by atoms with E-state index in [1.165, 1.54) is 9.80 Å². The molecular formula is C13H19N5O7S. The molecule has 3 aliphatic rings. The number of nitrogens with one attached hydrogen (secondary N) is 2. The predicted octanol–water partition coefficient (Wildman–Crippen LogP) is -1.44. The van der Waals surface area contributed by atoms with E-state index in [4.69, 9.17) is 9.96 Å². The maximum atomic E-state index is 12.3. The highest BCUT2D eigenvalue weighted by Gasteiger charge is 2.48. The Morgan fingerprint density at radius 3 is 2.65 bits per heavy atom. The highest BCUT2D eigenvalue weighted by molar-refractivity contribution is 7.80. The Morgan fingerprint density at radius 1 is 1.31 bits per heavy atom. The van der Waals surface area contributed by atoms with Crippen LogP contribution >= 0.6 is 0 Å². The molecule has 2 bridgehead atoms. The molecule has 0 radical (unpaired) electrons. The molecule has 3 atom stereocenters. The molecular weight excluding hydrogens is 370 g/mol. The van der Waals surface area contributed by atoms with Crippen molar-refractivity contribution in [3.63, 3.8) is 0 Å². The molecule has 0 aromatic heterocycles. The van der Waals surface area contributed by atoms with E-state index in [-0.39, 0.29) is 24.8 Å². The van der Waals surface area contributed by atoms with E-state index in [9.17, 15) is 22.8 Å². The van der Waals surface area contributed by atoms with Crippen molar-refractivity contribution in [3.8, 4) is 0 Å². The van der Waals surface area contributed by atoms with Gasteiger partial charge in [-0.2, -0.15) is 13.5 Å². The maximum absolute atomic E-state index is 12.3. The molecule has 0 spiro atoms. The molecule has 26 heavy (non-hydrogen) atoms. The number of piperidine rings is 1. The average Bonchev–Trinajstić information content (AvgIpc) is 3.14. The van der Waals surface area contributed by atoms with Gasteiger partial charge in [0.15, 0.2) is 0 Å². The number of amidine groups is 1. The predicted molar refractivity (Wildman–Crippen MR) is 85.0 cm³/mol. The summed E-state index contributed by atoms with van der Waals surface area (Å²) in [5.74, 6) is -0.968. The van der Waals surface area contributed by atoms with E-state index < -0.39 is 34.4 Å². The summed E-state index contributed by atoms with van der Waals surface area (Å²) in [4.78, 5) is 38.0. The lowest BCUT2D eigenvalue weighted by molar-refractivity contribution is -0.123. The smallest absolute Gasteiger partial charge is 0.344 e. The normalized spacial score (nSPS) is 28.4.